The van der Waals surface area contributed by atoms with Crippen molar-refractivity contribution in [1.29, 1.82) is 0 Å². The Morgan fingerprint density at radius 1 is 0.544 bits per heavy atom. The fourth-order valence-electron chi connectivity index (χ4n) is 7.90. The Labute approximate surface area is 329 Å². The minimum atomic E-state index is -0.987. The molecule has 8 rings (SSSR count). The molecule has 8 heteroatoms. The number of hydrogen-bond acceptors (Lipinski definition) is 8. The number of ether oxygens (including phenoxy) is 4. The summed E-state index contributed by atoms with van der Waals surface area (Å²) in [7, 11) is 0. The van der Waals surface area contributed by atoms with E-state index in [0.29, 0.717) is 11.5 Å². The third kappa shape index (κ3) is 7.13. The maximum Gasteiger partial charge on any atom is 0.330 e. The summed E-state index contributed by atoms with van der Waals surface area (Å²) in [5, 5.41) is 26.9. The molecule has 0 amide bonds. The van der Waals surface area contributed by atoms with Gasteiger partial charge in [-0.05, 0) is 102 Å². The van der Waals surface area contributed by atoms with Crippen molar-refractivity contribution in [2.24, 2.45) is 0 Å². The van der Waals surface area contributed by atoms with E-state index in [-0.39, 0.29) is 26.4 Å². The van der Waals surface area contributed by atoms with E-state index in [4.69, 9.17) is 18.9 Å². The Morgan fingerprint density at radius 3 is 1.61 bits per heavy atom. The van der Waals surface area contributed by atoms with E-state index in [1.807, 2.05) is 36.4 Å². The zero-order valence-corrected chi connectivity index (χ0v) is 31.1. The van der Waals surface area contributed by atoms with Gasteiger partial charge in [0.25, 0.3) is 0 Å². The molecule has 2 unspecified atom stereocenters. The third-order valence-electron chi connectivity index (χ3n) is 10.5. The van der Waals surface area contributed by atoms with Crippen LogP contribution in [0.25, 0.3) is 43.4 Å². The number of carbonyl (C=O) groups is 2. The van der Waals surface area contributed by atoms with E-state index >= 15 is 0 Å². The molecule has 7 aromatic rings. The molecule has 0 radical (unpaired) electrons. The highest BCUT2D eigenvalue weighted by molar-refractivity contribution is 6.01. The van der Waals surface area contributed by atoms with Crippen molar-refractivity contribution in [2.75, 3.05) is 26.4 Å². The van der Waals surface area contributed by atoms with Gasteiger partial charge in [0.2, 0.25) is 0 Å². The van der Waals surface area contributed by atoms with E-state index in [2.05, 4.69) is 110 Å². The third-order valence-corrected chi connectivity index (χ3v) is 10.5. The van der Waals surface area contributed by atoms with Gasteiger partial charge in [-0.25, -0.2) is 9.59 Å². The minimum Gasteiger partial charge on any atom is -0.491 e. The SMILES string of the molecule is C=CC(=O)OCC(O)COc1ccc2cc(C3(c4ccc5cc(OCC(O)COC(=O)C=C)ccc5c4)c4ccccc4-c4ccc5ccccc5c43)ccc2c1. The quantitative estimate of drug-likeness (QED) is 0.0841. The van der Waals surface area contributed by atoms with Crippen LogP contribution in [0.3, 0.4) is 0 Å². The molecule has 0 aromatic heterocycles. The normalized spacial score (nSPS) is 15.3. The van der Waals surface area contributed by atoms with Crippen molar-refractivity contribution in [1.82, 2.24) is 0 Å². The predicted octanol–water partition coefficient (Wildman–Crippen LogP) is 8.45. The summed E-state index contributed by atoms with van der Waals surface area (Å²) >= 11 is 0. The fraction of sp³-hybridized carbons (Fsp3) is 0.143. The van der Waals surface area contributed by atoms with Gasteiger partial charge < -0.3 is 29.2 Å². The highest BCUT2D eigenvalue weighted by atomic mass is 16.6. The van der Waals surface area contributed by atoms with Crippen LogP contribution in [0.15, 0.2) is 159 Å². The predicted molar refractivity (Wildman–Crippen MR) is 222 cm³/mol. The molecule has 0 heterocycles. The van der Waals surface area contributed by atoms with Gasteiger partial charge >= 0.3 is 11.9 Å². The fourth-order valence-corrected chi connectivity index (χ4v) is 7.90. The number of rotatable bonds is 14. The molecule has 2 atom stereocenters. The molecular formula is C49H40O8. The first kappa shape index (κ1) is 37.2. The zero-order valence-electron chi connectivity index (χ0n) is 31.1. The standard InChI is InChI=1S/C49H40O8/c1-3-46(52)56-29-38(50)27-54-40-20-15-32-23-36(18-13-34(32)25-40)49(45-12-8-7-11-43(45)44-22-17-31-9-5-6-10-42(31)48(44)49)37-19-14-35-26-41(21-16-33(35)24-37)55-28-39(51)30-57-47(53)4-2/h3-26,38-39,50-51H,1-2,27-30H2. The molecule has 284 valence electrons. The molecule has 0 saturated carbocycles. The van der Waals surface area contributed by atoms with Gasteiger partial charge in [-0.3, -0.25) is 0 Å². The largest absolute Gasteiger partial charge is 0.491 e. The molecular weight excluding hydrogens is 717 g/mol. The summed E-state index contributed by atoms with van der Waals surface area (Å²) in [6, 6.07) is 46.5. The molecule has 0 spiro atoms. The first-order valence-electron chi connectivity index (χ1n) is 18.7. The van der Waals surface area contributed by atoms with E-state index in [1.165, 1.54) is 27.6 Å². The number of hydrogen-bond donors (Lipinski definition) is 2. The highest BCUT2D eigenvalue weighted by Gasteiger charge is 2.47. The number of carbonyl (C=O) groups excluding carboxylic acids is 2. The molecule has 0 aliphatic heterocycles. The zero-order chi connectivity index (χ0) is 39.5. The lowest BCUT2D eigenvalue weighted by molar-refractivity contribution is -0.142. The van der Waals surface area contributed by atoms with Crippen molar-refractivity contribution in [3.05, 3.63) is 181 Å². The van der Waals surface area contributed by atoms with Gasteiger partial charge in [-0.15, -0.1) is 0 Å². The summed E-state index contributed by atoms with van der Waals surface area (Å²) in [5.74, 6) is -0.0243. The first-order chi connectivity index (χ1) is 27.8. The monoisotopic (exact) mass is 756 g/mol. The number of benzene rings is 7. The molecule has 2 N–H and O–H groups in total. The van der Waals surface area contributed by atoms with Crippen LogP contribution in [0, 0.1) is 0 Å². The van der Waals surface area contributed by atoms with Gasteiger partial charge in [-0.2, -0.15) is 0 Å². The summed E-state index contributed by atoms with van der Waals surface area (Å²) in [4.78, 5) is 22.8. The van der Waals surface area contributed by atoms with Crippen molar-refractivity contribution < 1.29 is 38.7 Å². The second-order valence-electron chi connectivity index (χ2n) is 14.1. The van der Waals surface area contributed by atoms with E-state index < -0.39 is 29.6 Å². The van der Waals surface area contributed by atoms with Gasteiger partial charge in [0.1, 0.15) is 50.1 Å². The number of aliphatic hydroxyl groups is 2. The molecule has 0 saturated heterocycles. The second kappa shape index (κ2) is 15.8. The van der Waals surface area contributed by atoms with Crippen LogP contribution in [0.5, 0.6) is 11.5 Å². The summed E-state index contributed by atoms with van der Waals surface area (Å²) in [6.07, 6.45) is 0.133. The number of aliphatic hydroxyl groups excluding tert-OH is 2. The molecule has 8 nitrogen and oxygen atoms in total. The Hall–Kier alpha value is -6.74. The summed E-state index contributed by atoms with van der Waals surface area (Å²) in [6.45, 7) is 6.29. The highest BCUT2D eigenvalue weighted by Crippen LogP contribution is 2.58. The topological polar surface area (TPSA) is 112 Å². The molecule has 1 aliphatic carbocycles. The Balaban J connectivity index is 1.21. The number of fused-ring (bicyclic) bond motifs is 7. The Bertz CT molecular complexity index is 2560. The van der Waals surface area contributed by atoms with Crippen LogP contribution in [-0.2, 0) is 24.5 Å². The van der Waals surface area contributed by atoms with Gasteiger partial charge in [0.05, 0.1) is 5.41 Å². The Morgan fingerprint density at radius 2 is 1.04 bits per heavy atom. The maximum atomic E-state index is 11.4. The van der Waals surface area contributed by atoms with Crippen molar-refractivity contribution in [3.63, 3.8) is 0 Å². The van der Waals surface area contributed by atoms with Crippen molar-refractivity contribution >= 4 is 44.3 Å². The lowest BCUT2D eigenvalue weighted by atomic mass is 9.66. The minimum absolute atomic E-state index is 0.0392. The molecule has 0 fully saturated rings. The van der Waals surface area contributed by atoms with Crippen LogP contribution in [-0.4, -0.2) is 60.8 Å². The first-order valence-corrected chi connectivity index (χ1v) is 18.7. The van der Waals surface area contributed by atoms with Crippen LogP contribution >= 0.6 is 0 Å². The van der Waals surface area contributed by atoms with Crippen molar-refractivity contribution in [2.45, 2.75) is 17.6 Å². The Kier molecular flexibility index (Phi) is 10.3. The second-order valence-corrected chi connectivity index (χ2v) is 14.1. The van der Waals surface area contributed by atoms with Crippen LogP contribution in [0.1, 0.15) is 22.3 Å². The smallest absolute Gasteiger partial charge is 0.330 e. The summed E-state index contributed by atoms with van der Waals surface area (Å²) in [5.41, 5.74) is 6.30. The van der Waals surface area contributed by atoms with Gasteiger partial charge in [0, 0.05) is 12.2 Å². The average Bonchev–Trinajstić information content (AvgIpc) is 3.56. The van der Waals surface area contributed by atoms with E-state index in [0.717, 1.165) is 50.2 Å². The van der Waals surface area contributed by atoms with E-state index in [1.54, 1.807) is 0 Å². The van der Waals surface area contributed by atoms with Crippen LogP contribution in [0.4, 0.5) is 0 Å². The molecule has 0 bridgehead atoms. The van der Waals surface area contributed by atoms with Gasteiger partial charge in [-0.1, -0.05) is 110 Å². The summed E-state index contributed by atoms with van der Waals surface area (Å²) < 4.78 is 21.7. The molecule has 57 heavy (non-hydrogen) atoms. The lowest BCUT2D eigenvalue weighted by Gasteiger charge is -2.35. The van der Waals surface area contributed by atoms with Crippen LogP contribution in [0.2, 0.25) is 0 Å². The molecule has 7 aromatic carbocycles. The maximum absolute atomic E-state index is 11.4. The lowest BCUT2D eigenvalue weighted by Crippen LogP contribution is -2.29. The van der Waals surface area contributed by atoms with Gasteiger partial charge in [0.15, 0.2) is 0 Å². The van der Waals surface area contributed by atoms with Crippen LogP contribution < -0.4 is 9.47 Å². The average molecular weight is 757 g/mol. The van der Waals surface area contributed by atoms with Crippen molar-refractivity contribution in [3.8, 4) is 22.6 Å². The molecule has 1 aliphatic rings. The van der Waals surface area contributed by atoms with E-state index in [9.17, 15) is 19.8 Å². The number of esters is 2.